The third kappa shape index (κ3) is 2.72. The molecule has 1 aromatic rings. The molecule has 0 aliphatic heterocycles. The molecule has 1 aliphatic rings. The number of halogens is 1. The first-order valence-electron chi connectivity index (χ1n) is 5.79. The Kier molecular flexibility index (Phi) is 4.22. The van der Waals surface area contributed by atoms with Crippen LogP contribution in [-0.4, -0.2) is 35.1 Å². The molecule has 0 saturated heterocycles. The maximum absolute atomic E-state index is 12.3. The second kappa shape index (κ2) is 5.50. The fourth-order valence-corrected chi connectivity index (χ4v) is 3.82. The summed E-state index contributed by atoms with van der Waals surface area (Å²) in [6.07, 6.45) is 3.46. The molecular formula is C12H16BrNO2S. The van der Waals surface area contributed by atoms with Gasteiger partial charge in [-0.3, -0.25) is 4.79 Å². The summed E-state index contributed by atoms with van der Waals surface area (Å²) in [5.41, 5.74) is 0. The molecule has 5 heteroatoms. The topological polar surface area (TPSA) is 40.5 Å². The number of hydrogen-bond acceptors (Lipinski definition) is 3. The molecule has 3 nitrogen and oxygen atoms in total. The Bertz CT molecular complexity index is 407. The zero-order valence-corrected chi connectivity index (χ0v) is 12.1. The van der Waals surface area contributed by atoms with Gasteiger partial charge < -0.3 is 10.0 Å². The Morgan fingerprint density at radius 2 is 2.24 bits per heavy atom. The summed E-state index contributed by atoms with van der Waals surface area (Å²) in [7, 11) is 1.79. The second-order valence-corrected chi connectivity index (χ2v) is 6.20. The van der Waals surface area contributed by atoms with Crippen LogP contribution >= 0.6 is 27.3 Å². The van der Waals surface area contributed by atoms with Gasteiger partial charge in [-0.2, -0.15) is 0 Å². The van der Waals surface area contributed by atoms with Crippen LogP contribution in [0.2, 0.25) is 0 Å². The highest BCUT2D eigenvalue weighted by atomic mass is 79.9. The van der Waals surface area contributed by atoms with Crippen molar-refractivity contribution in [2.24, 2.45) is 0 Å². The van der Waals surface area contributed by atoms with E-state index in [4.69, 9.17) is 0 Å². The molecule has 2 unspecified atom stereocenters. The first-order chi connectivity index (χ1) is 8.11. The van der Waals surface area contributed by atoms with E-state index in [0.29, 0.717) is 4.88 Å². The van der Waals surface area contributed by atoms with E-state index in [1.807, 2.05) is 11.4 Å². The molecule has 0 aromatic carbocycles. The Labute approximate surface area is 114 Å². The number of rotatable bonds is 2. The smallest absolute Gasteiger partial charge is 0.265 e. The molecule has 0 spiro atoms. The van der Waals surface area contributed by atoms with Crippen LogP contribution in [0.3, 0.4) is 0 Å². The van der Waals surface area contributed by atoms with Crippen molar-refractivity contribution in [2.45, 2.75) is 37.8 Å². The largest absolute Gasteiger partial charge is 0.391 e. The molecule has 1 fully saturated rings. The van der Waals surface area contributed by atoms with Crippen molar-refractivity contribution >= 4 is 33.2 Å². The Balaban J connectivity index is 2.11. The molecule has 0 radical (unpaired) electrons. The van der Waals surface area contributed by atoms with Gasteiger partial charge in [-0.05, 0) is 40.2 Å². The molecule has 1 aromatic heterocycles. The number of nitrogens with zero attached hydrogens (tertiary/aromatic N) is 1. The van der Waals surface area contributed by atoms with Crippen LogP contribution in [0.1, 0.15) is 35.4 Å². The number of hydrogen-bond donors (Lipinski definition) is 1. The maximum Gasteiger partial charge on any atom is 0.265 e. The van der Waals surface area contributed by atoms with Crippen molar-refractivity contribution in [2.75, 3.05) is 7.05 Å². The van der Waals surface area contributed by atoms with Gasteiger partial charge in [-0.25, -0.2) is 0 Å². The van der Waals surface area contributed by atoms with Gasteiger partial charge in [0.25, 0.3) is 5.91 Å². The van der Waals surface area contributed by atoms with Crippen LogP contribution in [0.25, 0.3) is 0 Å². The molecule has 1 aliphatic carbocycles. The van der Waals surface area contributed by atoms with Crippen molar-refractivity contribution in [3.05, 3.63) is 20.8 Å². The summed E-state index contributed by atoms with van der Waals surface area (Å²) in [5.74, 6) is -0.00201. The van der Waals surface area contributed by atoms with Gasteiger partial charge in [-0.1, -0.05) is 12.8 Å². The Morgan fingerprint density at radius 3 is 2.82 bits per heavy atom. The quantitative estimate of drug-likeness (QED) is 0.911. The van der Waals surface area contributed by atoms with E-state index in [1.54, 1.807) is 11.9 Å². The molecular weight excluding hydrogens is 302 g/mol. The minimum Gasteiger partial charge on any atom is -0.391 e. The van der Waals surface area contributed by atoms with Gasteiger partial charge in [0.05, 0.1) is 12.1 Å². The minimum atomic E-state index is -0.378. The van der Waals surface area contributed by atoms with Gasteiger partial charge >= 0.3 is 0 Å². The summed E-state index contributed by atoms with van der Waals surface area (Å²) in [6, 6.07) is 1.84. The summed E-state index contributed by atoms with van der Waals surface area (Å²) < 4.78 is 0.838. The SMILES string of the molecule is CN(C(=O)c1sccc1Br)C1CCCCC1O. The maximum atomic E-state index is 12.3. The number of likely N-dealkylation sites (N-methyl/N-ethyl adjacent to an activating group) is 1. The summed E-state index contributed by atoms with van der Waals surface area (Å²) >= 11 is 4.81. The molecule has 1 N–H and O–H groups in total. The molecule has 1 saturated carbocycles. The first kappa shape index (κ1) is 13.1. The van der Waals surface area contributed by atoms with Gasteiger partial charge in [-0.15, -0.1) is 11.3 Å². The summed E-state index contributed by atoms with van der Waals surface area (Å²) in [4.78, 5) is 14.7. The lowest BCUT2D eigenvalue weighted by Gasteiger charge is -2.35. The van der Waals surface area contributed by atoms with Crippen LogP contribution in [0, 0.1) is 0 Å². The van der Waals surface area contributed by atoms with E-state index in [0.717, 1.165) is 30.2 Å². The molecule has 1 heterocycles. The van der Waals surface area contributed by atoms with E-state index in [1.165, 1.54) is 11.3 Å². The Morgan fingerprint density at radius 1 is 1.53 bits per heavy atom. The van der Waals surface area contributed by atoms with Crippen molar-refractivity contribution in [1.29, 1.82) is 0 Å². The lowest BCUT2D eigenvalue weighted by molar-refractivity contribution is 0.0270. The van der Waals surface area contributed by atoms with Gasteiger partial charge in [0, 0.05) is 11.5 Å². The third-order valence-electron chi connectivity index (χ3n) is 3.32. The number of aliphatic hydroxyl groups is 1. The van der Waals surface area contributed by atoms with E-state index >= 15 is 0 Å². The van der Waals surface area contributed by atoms with Gasteiger partial charge in [0.1, 0.15) is 4.88 Å². The first-order valence-corrected chi connectivity index (χ1v) is 7.46. The molecule has 2 rings (SSSR count). The average Bonchev–Trinajstić information content (AvgIpc) is 2.74. The van der Waals surface area contributed by atoms with Gasteiger partial charge in [0.15, 0.2) is 0 Å². The van der Waals surface area contributed by atoms with Crippen LogP contribution in [0.15, 0.2) is 15.9 Å². The number of carbonyl (C=O) groups excluding carboxylic acids is 1. The predicted molar refractivity (Wildman–Crippen MR) is 72.4 cm³/mol. The lowest BCUT2D eigenvalue weighted by Crippen LogP contribution is -2.46. The predicted octanol–water partition coefficient (Wildman–Crippen LogP) is 2.89. The molecule has 1 amide bonds. The third-order valence-corrected chi connectivity index (χ3v) is 5.15. The van der Waals surface area contributed by atoms with E-state index in [2.05, 4.69) is 15.9 Å². The van der Waals surface area contributed by atoms with Crippen molar-refractivity contribution in [3.8, 4) is 0 Å². The van der Waals surface area contributed by atoms with Crippen molar-refractivity contribution in [3.63, 3.8) is 0 Å². The Hall–Kier alpha value is -0.390. The van der Waals surface area contributed by atoms with E-state index in [-0.39, 0.29) is 18.1 Å². The monoisotopic (exact) mass is 317 g/mol. The van der Waals surface area contributed by atoms with Crippen molar-refractivity contribution < 1.29 is 9.90 Å². The molecule has 0 bridgehead atoms. The zero-order chi connectivity index (χ0) is 12.4. The minimum absolute atomic E-state index is 0.00201. The fraction of sp³-hybridized carbons (Fsp3) is 0.583. The normalized spacial score (nSPS) is 24.6. The second-order valence-electron chi connectivity index (χ2n) is 4.43. The average molecular weight is 318 g/mol. The fourth-order valence-electron chi connectivity index (χ4n) is 2.30. The standard InChI is InChI=1S/C12H16BrNO2S/c1-14(9-4-2-3-5-10(9)15)12(16)11-8(13)6-7-17-11/h6-7,9-10,15H,2-5H2,1H3. The highest BCUT2D eigenvalue weighted by Gasteiger charge is 2.30. The lowest BCUT2D eigenvalue weighted by atomic mass is 9.91. The zero-order valence-electron chi connectivity index (χ0n) is 9.73. The van der Waals surface area contributed by atoms with Crippen LogP contribution < -0.4 is 0 Å². The summed E-state index contributed by atoms with van der Waals surface area (Å²) in [6.45, 7) is 0. The van der Waals surface area contributed by atoms with Crippen LogP contribution in [0.5, 0.6) is 0 Å². The van der Waals surface area contributed by atoms with E-state index < -0.39 is 0 Å². The highest BCUT2D eigenvalue weighted by molar-refractivity contribution is 9.10. The van der Waals surface area contributed by atoms with E-state index in [9.17, 15) is 9.90 Å². The van der Waals surface area contributed by atoms with Crippen LogP contribution in [-0.2, 0) is 0 Å². The number of amides is 1. The summed E-state index contributed by atoms with van der Waals surface area (Å²) in [5, 5.41) is 11.8. The number of carbonyl (C=O) groups is 1. The molecule has 17 heavy (non-hydrogen) atoms. The van der Waals surface area contributed by atoms with Gasteiger partial charge in [0.2, 0.25) is 0 Å². The van der Waals surface area contributed by atoms with Crippen LogP contribution in [0.4, 0.5) is 0 Å². The molecule has 2 atom stereocenters. The molecule has 94 valence electrons. The number of thiophene rings is 1. The number of aliphatic hydroxyl groups excluding tert-OH is 1. The van der Waals surface area contributed by atoms with Crippen molar-refractivity contribution in [1.82, 2.24) is 4.90 Å². The highest BCUT2D eigenvalue weighted by Crippen LogP contribution is 2.28.